The fourth-order valence-corrected chi connectivity index (χ4v) is 13.0. The molecule has 0 aliphatic heterocycles. The summed E-state index contributed by atoms with van der Waals surface area (Å²) in [5, 5.41) is 4.59. The van der Waals surface area contributed by atoms with Crippen LogP contribution >= 0.6 is 0 Å². The maximum atomic E-state index is 6.59. The Morgan fingerprint density at radius 1 is 0.392 bits per heavy atom. The highest BCUT2D eigenvalue weighted by Gasteiger charge is 2.53. The Labute approximate surface area is 434 Å². The minimum Gasteiger partial charge on any atom is -0.455 e. The van der Waals surface area contributed by atoms with Crippen LogP contribution in [0.1, 0.15) is 104 Å². The van der Waals surface area contributed by atoms with Crippen LogP contribution in [0.4, 0.5) is 0 Å². The molecule has 74 heavy (non-hydrogen) atoms. The largest absolute Gasteiger partial charge is 0.455 e. The fraction of sp³-hybridized carbons (Fsp3) is 0.167. The molecule has 358 valence electrons. The standard InChI is InChI=1S/C72H58O2/c1-70(2,3)48-38-40-59-63(42-48)72(61-25-11-7-17-53(61)54-18-8-12-26-62(54)72)64-43-49(71(4,5)6)41-60(67(59)64)50(45-34-36-47(37-35-45)52-22-16-24-58-56-20-10-14-28-66(56)74-69(52)58)39-31-44-29-32-46(33-30-44)51-21-15-23-57-55-19-9-13-27-65(55)73-68(51)57/h7-30,32-38,40-43,50H,31,39H2,1-6H3. The van der Waals surface area contributed by atoms with Crippen molar-refractivity contribution in [1.29, 1.82) is 0 Å². The molecule has 0 radical (unpaired) electrons. The molecular formula is C72H58O2. The van der Waals surface area contributed by atoms with E-state index < -0.39 is 5.41 Å². The van der Waals surface area contributed by atoms with Crippen LogP contribution in [0.2, 0.25) is 0 Å². The molecular weight excluding hydrogens is 897 g/mol. The van der Waals surface area contributed by atoms with Gasteiger partial charge in [0.15, 0.2) is 0 Å². The average Bonchev–Trinajstić information content (AvgIpc) is 4.20. The molecule has 0 bridgehead atoms. The molecule has 0 amide bonds. The van der Waals surface area contributed by atoms with Gasteiger partial charge >= 0.3 is 0 Å². The summed E-state index contributed by atoms with van der Waals surface area (Å²) in [5.74, 6) is 0.0725. The number of rotatable bonds is 7. The molecule has 2 aliphatic carbocycles. The second-order valence-corrected chi connectivity index (χ2v) is 23.1. The van der Waals surface area contributed by atoms with Gasteiger partial charge in [-0.25, -0.2) is 0 Å². The van der Waals surface area contributed by atoms with Crippen LogP contribution in [0.3, 0.4) is 0 Å². The first-order chi connectivity index (χ1) is 35.9. The third-order valence-corrected chi connectivity index (χ3v) is 16.7. The van der Waals surface area contributed by atoms with Crippen LogP contribution in [-0.2, 0) is 22.7 Å². The van der Waals surface area contributed by atoms with Gasteiger partial charge in [-0.15, -0.1) is 0 Å². The van der Waals surface area contributed by atoms with E-state index in [2.05, 4.69) is 248 Å². The van der Waals surface area contributed by atoms with Gasteiger partial charge in [-0.05, 0) is 119 Å². The molecule has 1 unspecified atom stereocenters. The molecule has 0 saturated heterocycles. The maximum absolute atomic E-state index is 6.59. The second-order valence-electron chi connectivity index (χ2n) is 23.1. The SMILES string of the molecule is CC(C)(C)c1ccc2c(c1)C1(c3ccccc3-c3ccccc31)c1cc(C(C)(C)C)cc(C(CCc3ccc(-c4cccc5c4oc4ccccc45)cc3)c3ccc(-c4cccc5c4oc4ccccc45)cc3)c1-2. The molecule has 10 aromatic carbocycles. The Morgan fingerprint density at radius 3 is 1.45 bits per heavy atom. The summed E-state index contributed by atoms with van der Waals surface area (Å²) in [7, 11) is 0. The van der Waals surface area contributed by atoms with Gasteiger partial charge < -0.3 is 8.83 Å². The third-order valence-electron chi connectivity index (χ3n) is 16.7. The van der Waals surface area contributed by atoms with Crippen LogP contribution in [0, 0.1) is 0 Å². The van der Waals surface area contributed by atoms with E-state index in [0.29, 0.717) is 0 Å². The summed E-state index contributed by atoms with van der Waals surface area (Å²) in [4.78, 5) is 0. The lowest BCUT2D eigenvalue weighted by Gasteiger charge is -2.33. The predicted octanol–water partition coefficient (Wildman–Crippen LogP) is 19.5. The van der Waals surface area contributed by atoms with Crippen molar-refractivity contribution in [2.45, 2.75) is 76.5 Å². The Kier molecular flexibility index (Phi) is 9.86. The number of benzene rings is 10. The first-order valence-corrected chi connectivity index (χ1v) is 26.5. The normalized spacial score (nSPS) is 14.0. The summed E-state index contributed by atoms with van der Waals surface area (Å²) in [5.41, 5.74) is 25.3. The van der Waals surface area contributed by atoms with E-state index in [1.54, 1.807) is 0 Å². The number of aryl methyl sites for hydroxylation is 1. The van der Waals surface area contributed by atoms with Crippen molar-refractivity contribution in [3.8, 4) is 44.5 Å². The van der Waals surface area contributed by atoms with E-state index in [1.807, 2.05) is 6.07 Å². The topological polar surface area (TPSA) is 26.3 Å². The zero-order chi connectivity index (χ0) is 50.1. The van der Waals surface area contributed by atoms with Crippen molar-refractivity contribution in [3.05, 3.63) is 262 Å². The van der Waals surface area contributed by atoms with Crippen LogP contribution in [0.25, 0.3) is 88.4 Å². The van der Waals surface area contributed by atoms with Crippen LogP contribution in [0.15, 0.2) is 221 Å². The number of para-hydroxylation sites is 4. The molecule has 1 spiro atoms. The molecule has 2 aliphatic rings. The molecule has 12 aromatic rings. The van der Waals surface area contributed by atoms with Gasteiger partial charge in [-0.1, -0.05) is 242 Å². The lowest BCUT2D eigenvalue weighted by Crippen LogP contribution is -2.27. The summed E-state index contributed by atoms with van der Waals surface area (Å²) >= 11 is 0. The van der Waals surface area contributed by atoms with E-state index in [1.165, 1.54) is 72.3 Å². The van der Waals surface area contributed by atoms with E-state index in [9.17, 15) is 0 Å². The van der Waals surface area contributed by atoms with Gasteiger partial charge in [-0.2, -0.15) is 0 Å². The third kappa shape index (κ3) is 6.70. The first kappa shape index (κ1) is 44.5. The van der Waals surface area contributed by atoms with Crippen LogP contribution < -0.4 is 0 Å². The van der Waals surface area contributed by atoms with Crippen LogP contribution in [0.5, 0.6) is 0 Å². The Bertz CT molecular complexity index is 4150. The van der Waals surface area contributed by atoms with Gasteiger partial charge in [0.1, 0.15) is 22.3 Å². The monoisotopic (exact) mass is 954 g/mol. The van der Waals surface area contributed by atoms with Crippen molar-refractivity contribution >= 4 is 43.9 Å². The zero-order valence-corrected chi connectivity index (χ0v) is 43.0. The predicted molar refractivity (Wildman–Crippen MR) is 309 cm³/mol. The van der Waals surface area contributed by atoms with E-state index in [-0.39, 0.29) is 16.7 Å². The Hall–Kier alpha value is -8.20. The Morgan fingerprint density at radius 2 is 0.878 bits per heavy atom. The molecule has 1 atom stereocenters. The van der Waals surface area contributed by atoms with Gasteiger partial charge in [0.25, 0.3) is 0 Å². The summed E-state index contributed by atoms with van der Waals surface area (Å²) in [6.07, 6.45) is 1.83. The quantitative estimate of drug-likeness (QED) is 0.159. The highest BCUT2D eigenvalue weighted by atomic mass is 16.3. The number of hydrogen-bond acceptors (Lipinski definition) is 2. The van der Waals surface area contributed by atoms with E-state index in [4.69, 9.17) is 8.83 Å². The fourth-order valence-electron chi connectivity index (χ4n) is 13.0. The van der Waals surface area contributed by atoms with Gasteiger partial charge in [-0.3, -0.25) is 0 Å². The molecule has 0 saturated carbocycles. The van der Waals surface area contributed by atoms with Gasteiger partial charge in [0, 0.05) is 38.6 Å². The molecule has 0 fully saturated rings. The van der Waals surface area contributed by atoms with E-state index in [0.717, 1.165) is 79.0 Å². The van der Waals surface area contributed by atoms with Gasteiger partial charge in [0.05, 0.1) is 5.41 Å². The highest BCUT2D eigenvalue weighted by molar-refractivity contribution is 6.10. The summed E-state index contributed by atoms with van der Waals surface area (Å²) in [6.45, 7) is 14.2. The van der Waals surface area contributed by atoms with Crippen molar-refractivity contribution in [3.63, 3.8) is 0 Å². The summed E-state index contributed by atoms with van der Waals surface area (Å²) in [6, 6.07) is 79.6. The number of furan rings is 2. The van der Waals surface area contributed by atoms with Crippen LogP contribution in [-0.4, -0.2) is 0 Å². The lowest BCUT2D eigenvalue weighted by molar-refractivity contribution is 0.584. The van der Waals surface area contributed by atoms with Crippen molar-refractivity contribution in [2.75, 3.05) is 0 Å². The molecule has 2 heteroatoms. The molecule has 2 nitrogen and oxygen atoms in total. The molecule has 14 rings (SSSR count). The van der Waals surface area contributed by atoms with Crippen molar-refractivity contribution < 1.29 is 8.83 Å². The lowest BCUT2D eigenvalue weighted by atomic mass is 9.68. The molecule has 0 N–H and O–H groups in total. The minimum absolute atomic E-state index is 0.0346. The van der Waals surface area contributed by atoms with Crippen molar-refractivity contribution in [1.82, 2.24) is 0 Å². The maximum Gasteiger partial charge on any atom is 0.143 e. The second kappa shape index (κ2) is 16.4. The first-order valence-electron chi connectivity index (χ1n) is 26.5. The van der Waals surface area contributed by atoms with Crippen molar-refractivity contribution in [2.24, 2.45) is 0 Å². The Balaban J connectivity index is 0.957. The number of hydrogen-bond donors (Lipinski definition) is 0. The molecule has 2 aromatic heterocycles. The highest BCUT2D eigenvalue weighted by Crippen LogP contribution is 2.65. The minimum atomic E-state index is -0.479. The van der Waals surface area contributed by atoms with Gasteiger partial charge in [0.2, 0.25) is 0 Å². The van der Waals surface area contributed by atoms with E-state index >= 15 is 0 Å². The smallest absolute Gasteiger partial charge is 0.143 e. The zero-order valence-electron chi connectivity index (χ0n) is 43.0. The average molecular weight is 955 g/mol. The molecule has 2 heterocycles. The summed E-state index contributed by atoms with van der Waals surface area (Å²) < 4.78 is 13.1. The number of fused-ring (bicyclic) bond motifs is 16.